The van der Waals surface area contributed by atoms with Crippen molar-refractivity contribution >= 4 is 11.9 Å². The molecule has 2 saturated heterocycles. The van der Waals surface area contributed by atoms with Gasteiger partial charge in [-0.05, 0) is 25.3 Å². The molecule has 0 atom stereocenters. The Morgan fingerprint density at radius 2 is 2.06 bits per heavy atom. The topological polar surface area (TPSA) is 56.7 Å². The summed E-state index contributed by atoms with van der Waals surface area (Å²) in [5.74, 6) is 1.27. The van der Waals surface area contributed by atoms with Crippen molar-refractivity contribution in [3.63, 3.8) is 0 Å². The normalized spacial score (nSPS) is 25.8. The molecule has 0 unspecified atom stereocenters. The summed E-state index contributed by atoms with van der Waals surface area (Å²) in [6, 6.07) is 0. The van der Waals surface area contributed by atoms with E-state index in [0.717, 1.165) is 39.0 Å². The van der Waals surface area contributed by atoms with Crippen molar-refractivity contribution in [2.45, 2.75) is 39.2 Å². The van der Waals surface area contributed by atoms with Crippen LogP contribution >= 0.6 is 0 Å². The molecule has 2 aliphatic heterocycles. The van der Waals surface area contributed by atoms with Gasteiger partial charge in [-0.1, -0.05) is 20.8 Å². The second-order valence-corrected chi connectivity index (χ2v) is 5.68. The zero-order valence-electron chi connectivity index (χ0n) is 11.6. The quantitative estimate of drug-likeness (QED) is 0.772. The van der Waals surface area contributed by atoms with Crippen molar-refractivity contribution in [3.05, 3.63) is 0 Å². The lowest BCUT2D eigenvalue weighted by Gasteiger charge is -2.36. The van der Waals surface area contributed by atoms with E-state index in [2.05, 4.69) is 41.3 Å². The number of hydrogen-bond acceptors (Lipinski definition) is 3. The number of guanidine groups is 1. The van der Waals surface area contributed by atoms with Crippen molar-refractivity contribution < 1.29 is 4.79 Å². The van der Waals surface area contributed by atoms with E-state index in [4.69, 9.17) is 0 Å². The van der Waals surface area contributed by atoms with Crippen LogP contribution in [0.5, 0.6) is 0 Å². The van der Waals surface area contributed by atoms with E-state index in [0.29, 0.717) is 11.9 Å². The summed E-state index contributed by atoms with van der Waals surface area (Å²) in [4.78, 5) is 18.9. The van der Waals surface area contributed by atoms with Gasteiger partial charge < -0.3 is 10.2 Å². The molecule has 18 heavy (non-hydrogen) atoms. The van der Waals surface area contributed by atoms with Gasteiger partial charge in [0.25, 0.3) is 5.91 Å². The summed E-state index contributed by atoms with van der Waals surface area (Å²) in [7, 11) is 0. The van der Waals surface area contributed by atoms with Gasteiger partial charge in [0.1, 0.15) is 5.54 Å². The molecule has 0 aromatic heterocycles. The van der Waals surface area contributed by atoms with Crippen molar-refractivity contribution in [1.82, 2.24) is 15.5 Å². The Balaban J connectivity index is 1.99. The van der Waals surface area contributed by atoms with Gasteiger partial charge in [-0.25, -0.2) is 0 Å². The lowest BCUT2D eigenvalue weighted by molar-refractivity contribution is -0.125. The summed E-state index contributed by atoms with van der Waals surface area (Å²) in [6.45, 7) is 10.2. The molecule has 0 aromatic rings. The SMILES string of the molecule is CCN1CCC2(CC1)NC(=NCC(C)C)NC2=O. The summed E-state index contributed by atoms with van der Waals surface area (Å²) in [5.41, 5.74) is -0.401. The van der Waals surface area contributed by atoms with Crippen LogP contribution in [0.25, 0.3) is 0 Å². The van der Waals surface area contributed by atoms with Crippen molar-refractivity contribution in [2.75, 3.05) is 26.2 Å². The molecule has 2 fully saturated rings. The Labute approximate surface area is 109 Å². The van der Waals surface area contributed by atoms with Gasteiger partial charge in [0, 0.05) is 19.6 Å². The maximum Gasteiger partial charge on any atom is 0.252 e. The molecule has 2 aliphatic rings. The number of piperidine rings is 1. The Hall–Kier alpha value is -1.10. The molecule has 1 spiro atoms. The largest absolute Gasteiger partial charge is 0.342 e. The number of hydrogen-bond donors (Lipinski definition) is 2. The van der Waals surface area contributed by atoms with Crippen LogP contribution in [0, 0.1) is 5.92 Å². The first-order valence-electron chi connectivity index (χ1n) is 6.92. The molecule has 5 nitrogen and oxygen atoms in total. The second-order valence-electron chi connectivity index (χ2n) is 5.68. The second kappa shape index (κ2) is 5.26. The summed E-state index contributed by atoms with van der Waals surface area (Å²) in [6.07, 6.45) is 1.74. The fourth-order valence-corrected chi connectivity index (χ4v) is 2.50. The Morgan fingerprint density at radius 3 is 2.61 bits per heavy atom. The molecule has 2 N–H and O–H groups in total. The molecule has 0 saturated carbocycles. The molecular formula is C13H24N4O. The predicted octanol–water partition coefficient (Wildman–Crippen LogP) is 0.572. The van der Waals surface area contributed by atoms with E-state index in [1.54, 1.807) is 0 Å². The van der Waals surface area contributed by atoms with Crippen LogP contribution in [0.15, 0.2) is 4.99 Å². The zero-order chi connectivity index (χ0) is 13.2. The van der Waals surface area contributed by atoms with E-state index >= 15 is 0 Å². The minimum Gasteiger partial charge on any atom is -0.342 e. The molecule has 0 aliphatic carbocycles. The van der Waals surface area contributed by atoms with Crippen LogP contribution in [0.1, 0.15) is 33.6 Å². The first-order chi connectivity index (χ1) is 8.55. The van der Waals surface area contributed by atoms with Gasteiger partial charge in [0.05, 0.1) is 0 Å². The van der Waals surface area contributed by atoms with Gasteiger partial charge in [-0.15, -0.1) is 0 Å². The molecule has 102 valence electrons. The Kier molecular flexibility index (Phi) is 3.90. The minimum atomic E-state index is -0.401. The summed E-state index contributed by atoms with van der Waals surface area (Å²) >= 11 is 0. The smallest absolute Gasteiger partial charge is 0.252 e. The molecule has 5 heteroatoms. The number of nitrogens with zero attached hydrogens (tertiary/aromatic N) is 2. The van der Waals surface area contributed by atoms with E-state index in [1.165, 1.54) is 0 Å². The predicted molar refractivity (Wildman–Crippen MR) is 72.5 cm³/mol. The molecule has 2 rings (SSSR count). The number of amides is 1. The fraction of sp³-hybridized carbons (Fsp3) is 0.846. The van der Waals surface area contributed by atoms with Crippen molar-refractivity contribution in [1.29, 1.82) is 0 Å². The molecule has 0 bridgehead atoms. The van der Waals surface area contributed by atoms with Crippen LogP contribution in [0.3, 0.4) is 0 Å². The van der Waals surface area contributed by atoms with E-state index in [9.17, 15) is 4.79 Å². The number of carbonyl (C=O) groups excluding carboxylic acids is 1. The third-order valence-electron chi connectivity index (χ3n) is 3.80. The number of aliphatic imine (C=N–C) groups is 1. The van der Waals surface area contributed by atoms with Crippen LogP contribution in [0.4, 0.5) is 0 Å². The number of rotatable bonds is 3. The van der Waals surface area contributed by atoms with Gasteiger partial charge in [-0.3, -0.25) is 15.1 Å². The Morgan fingerprint density at radius 1 is 1.39 bits per heavy atom. The van der Waals surface area contributed by atoms with E-state index in [1.807, 2.05) is 0 Å². The molecule has 0 aromatic carbocycles. The van der Waals surface area contributed by atoms with E-state index in [-0.39, 0.29) is 5.91 Å². The molecule has 0 radical (unpaired) electrons. The third-order valence-corrected chi connectivity index (χ3v) is 3.80. The molecular weight excluding hydrogens is 228 g/mol. The number of likely N-dealkylation sites (tertiary alicyclic amines) is 1. The van der Waals surface area contributed by atoms with Crippen LogP contribution < -0.4 is 10.6 Å². The third kappa shape index (κ3) is 2.66. The van der Waals surface area contributed by atoms with Crippen molar-refractivity contribution in [3.8, 4) is 0 Å². The van der Waals surface area contributed by atoms with Crippen LogP contribution in [-0.2, 0) is 4.79 Å². The van der Waals surface area contributed by atoms with Gasteiger partial charge in [-0.2, -0.15) is 0 Å². The number of carbonyl (C=O) groups is 1. The monoisotopic (exact) mass is 252 g/mol. The highest BCUT2D eigenvalue weighted by Gasteiger charge is 2.46. The van der Waals surface area contributed by atoms with Crippen LogP contribution in [0.2, 0.25) is 0 Å². The standard InChI is InChI=1S/C13H24N4O/c1-4-17-7-5-13(6-8-17)11(18)15-12(16-13)14-9-10(2)3/h10H,4-9H2,1-3H3,(H2,14,15,16,18). The van der Waals surface area contributed by atoms with E-state index < -0.39 is 5.54 Å². The minimum absolute atomic E-state index is 0.0979. The highest BCUT2D eigenvalue weighted by Crippen LogP contribution is 2.25. The fourth-order valence-electron chi connectivity index (χ4n) is 2.50. The summed E-state index contributed by atoms with van der Waals surface area (Å²) < 4.78 is 0. The first-order valence-corrected chi connectivity index (χ1v) is 6.92. The summed E-state index contributed by atoms with van der Waals surface area (Å²) in [5, 5.41) is 6.20. The molecule has 1 amide bonds. The highest BCUT2D eigenvalue weighted by molar-refractivity contribution is 6.09. The lowest BCUT2D eigenvalue weighted by Crippen LogP contribution is -2.54. The maximum absolute atomic E-state index is 12.1. The van der Waals surface area contributed by atoms with Gasteiger partial charge >= 0.3 is 0 Å². The highest BCUT2D eigenvalue weighted by atomic mass is 16.2. The average molecular weight is 252 g/mol. The maximum atomic E-state index is 12.1. The van der Waals surface area contributed by atoms with Gasteiger partial charge in [0.15, 0.2) is 5.96 Å². The number of nitrogens with one attached hydrogen (secondary N) is 2. The van der Waals surface area contributed by atoms with Gasteiger partial charge in [0.2, 0.25) is 0 Å². The molecule has 2 heterocycles. The Bertz CT molecular complexity index is 343. The lowest BCUT2D eigenvalue weighted by atomic mass is 9.88. The van der Waals surface area contributed by atoms with Crippen LogP contribution in [-0.4, -0.2) is 48.5 Å². The first kappa shape index (κ1) is 13.3. The average Bonchev–Trinajstić information content (AvgIpc) is 2.65. The zero-order valence-corrected chi connectivity index (χ0v) is 11.6. The van der Waals surface area contributed by atoms with Crippen molar-refractivity contribution in [2.24, 2.45) is 10.9 Å².